The second-order valence-electron chi connectivity index (χ2n) is 1.71. The molecule has 1 rings (SSSR count). The molecule has 3 nitrogen and oxygen atoms in total. The molecular formula is C6H5F2NO2. The van der Waals surface area contributed by atoms with E-state index in [4.69, 9.17) is 5.11 Å². The first kappa shape index (κ1) is 7.71. The average molecular weight is 161 g/mol. The number of pyridine rings is 1. The number of hydrogen-bond donors (Lipinski definition) is 1. The Hall–Kier alpha value is -1.39. The summed E-state index contributed by atoms with van der Waals surface area (Å²) in [5.74, 6) is -0.852. The fourth-order valence-corrected chi connectivity index (χ4v) is 0.558. The summed E-state index contributed by atoms with van der Waals surface area (Å²) < 4.78 is 26.9. The Kier molecular flexibility index (Phi) is 2.20. The molecule has 0 saturated carbocycles. The number of nitrogens with zero attached hydrogens (tertiary/aromatic N) is 1. The minimum atomic E-state index is -2.96. The normalized spacial score (nSPS) is 10.1. The minimum Gasteiger partial charge on any atom is -0.503 e. The Bertz CT molecular complexity index is 242. The molecule has 0 saturated heterocycles. The molecule has 0 aliphatic heterocycles. The first-order chi connectivity index (χ1) is 5.20. The van der Waals surface area contributed by atoms with Crippen LogP contribution in [0.5, 0.6) is 11.6 Å². The van der Waals surface area contributed by atoms with Gasteiger partial charge in [0.15, 0.2) is 5.75 Å². The van der Waals surface area contributed by atoms with Crippen molar-refractivity contribution in [2.45, 2.75) is 6.61 Å². The van der Waals surface area contributed by atoms with Crippen LogP contribution in [0.3, 0.4) is 0 Å². The Morgan fingerprint density at radius 2 is 2.27 bits per heavy atom. The zero-order chi connectivity index (χ0) is 8.27. The van der Waals surface area contributed by atoms with Crippen LogP contribution in [0.1, 0.15) is 0 Å². The summed E-state index contributed by atoms with van der Waals surface area (Å²) in [5.41, 5.74) is 0. The van der Waals surface area contributed by atoms with E-state index in [1.807, 2.05) is 0 Å². The summed E-state index contributed by atoms with van der Waals surface area (Å²) in [5, 5.41) is 8.84. The van der Waals surface area contributed by atoms with Gasteiger partial charge in [0.25, 0.3) is 5.88 Å². The molecule has 0 atom stereocenters. The summed E-state index contributed by atoms with van der Waals surface area (Å²) in [4.78, 5) is 3.37. The van der Waals surface area contributed by atoms with Gasteiger partial charge in [-0.05, 0) is 12.1 Å². The predicted octanol–water partition coefficient (Wildman–Crippen LogP) is 1.39. The van der Waals surface area contributed by atoms with E-state index in [0.717, 1.165) is 0 Å². The van der Waals surface area contributed by atoms with Gasteiger partial charge in [-0.25, -0.2) is 4.98 Å². The molecule has 1 N–H and O–H groups in total. The van der Waals surface area contributed by atoms with Crippen molar-refractivity contribution in [2.24, 2.45) is 0 Å². The number of rotatable bonds is 2. The van der Waals surface area contributed by atoms with E-state index in [9.17, 15) is 8.78 Å². The van der Waals surface area contributed by atoms with Crippen LogP contribution >= 0.6 is 0 Å². The van der Waals surface area contributed by atoms with Gasteiger partial charge in [-0.2, -0.15) is 8.78 Å². The summed E-state index contributed by atoms with van der Waals surface area (Å²) in [6.45, 7) is -2.96. The fourth-order valence-electron chi connectivity index (χ4n) is 0.558. The Labute approximate surface area is 61.3 Å². The van der Waals surface area contributed by atoms with E-state index in [1.165, 1.54) is 18.3 Å². The van der Waals surface area contributed by atoms with Crippen molar-refractivity contribution in [1.29, 1.82) is 0 Å². The molecule has 0 radical (unpaired) electrons. The van der Waals surface area contributed by atoms with Crippen LogP contribution in [0.4, 0.5) is 8.78 Å². The molecule has 0 spiro atoms. The van der Waals surface area contributed by atoms with E-state index >= 15 is 0 Å². The van der Waals surface area contributed by atoms with Crippen molar-refractivity contribution in [1.82, 2.24) is 4.98 Å². The number of alkyl halides is 2. The van der Waals surface area contributed by atoms with Crippen molar-refractivity contribution in [2.75, 3.05) is 0 Å². The van der Waals surface area contributed by atoms with Crippen LogP contribution in [0.2, 0.25) is 0 Å². The lowest BCUT2D eigenvalue weighted by atomic mass is 10.4. The highest BCUT2D eigenvalue weighted by atomic mass is 19.3. The third-order valence-corrected chi connectivity index (χ3v) is 0.952. The number of halogens is 2. The highest BCUT2D eigenvalue weighted by Gasteiger charge is 2.08. The van der Waals surface area contributed by atoms with Crippen molar-refractivity contribution in [3.05, 3.63) is 18.3 Å². The summed E-state index contributed by atoms with van der Waals surface area (Å²) >= 11 is 0. The SMILES string of the molecule is Oc1cccnc1OC(F)F. The van der Waals surface area contributed by atoms with Gasteiger partial charge in [-0.1, -0.05) is 0 Å². The van der Waals surface area contributed by atoms with Crippen LogP contribution < -0.4 is 4.74 Å². The monoisotopic (exact) mass is 161 g/mol. The van der Waals surface area contributed by atoms with E-state index in [0.29, 0.717) is 0 Å². The smallest absolute Gasteiger partial charge is 0.388 e. The predicted molar refractivity (Wildman–Crippen MR) is 32.5 cm³/mol. The summed E-state index contributed by atoms with van der Waals surface area (Å²) in [6.07, 6.45) is 1.25. The molecule has 0 fully saturated rings. The Balaban J connectivity index is 2.78. The minimum absolute atomic E-state index is 0.396. The molecule has 5 heteroatoms. The molecule has 1 aromatic rings. The van der Waals surface area contributed by atoms with Gasteiger partial charge in [-0.3, -0.25) is 0 Å². The zero-order valence-electron chi connectivity index (χ0n) is 5.37. The van der Waals surface area contributed by atoms with Crippen molar-refractivity contribution in [3.8, 4) is 11.6 Å². The third-order valence-electron chi connectivity index (χ3n) is 0.952. The number of hydrogen-bond acceptors (Lipinski definition) is 3. The molecule has 0 bridgehead atoms. The average Bonchev–Trinajstić information content (AvgIpc) is 1.93. The molecule has 0 aliphatic carbocycles. The summed E-state index contributed by atoms with van der Waals surface area (Å²) in [7, 11) is 0. The van der Waals surface area contributed by atoms with Gasteiger partial charge in [0.1, 0.15) is 0 Å². The summed E-state index contributed by atoms with van der Waals surface area (Å²) in [6, 6.07) is 2.62. The van der Waals surface area contributed by atoms with Gasteiger partial charge in [-0.15, -0.1) is 0 Å². The van der Waals surface area contributed by atoms with Crippen LogP contribution in [-0.2, 0) is 0 Å². The van der Waals surface area contributed by atoms with Crippen LogP contribution in [0, 0.1) is 0 Å². The Morgan fingerprint density at radius 1 is 1.55 bits per heavy atom. The second kappa shape index (κ2) is 3.14. The lowest BCUT2D eigenvalue weighted by molar-refractivity contribution is -0.0543. The molecule has 1 heterocycles. The second-order valence-corrected chi connectivity index (χ2v) is 1.71. The lowest BCUT2D eigenvalue weighted by Gasteiger charge is -2.03. The molecule has 1 aromatic heterocycles. The standard InChI is InChI=1S/C6H5F2NO2/c7-6(8)11-5-4(10)2-1-3-9-5/h1-3,6,10H. The highest BCUT2D eigenvalue weighted by molar-refractivity contribution is 5.30. The first-order valence-electron chi connectivity index (χ1n) is 2.79. The molecule has 60 valence electrons. The van der Waals surface area contributed by atoms with Crippen LogP contribution in [-0.4, -0.2) is 16.7 Å². The van der Waals surface area contributed by atoms with Gasteiger partial charge in [0.2, 0.25) is 0 Å². The van der Waals surface area contributed by atoms with E-state index in [1.54, 1.807) is 0 Å². The van der Waals surface area contributed by atoms with Gasteiger partial charge < -0.3 is 9.84 Å². The van der Waals surface area contributed by atoms with E-state index < -0.39 is 18.2 Å². The zero-order valence-corrected chi connectivity index (χ0v) is 5.37. The van der Waals surface area contributed by atoms with Crippen LogP contribution in [0.15, 0.2) is 18.3 Å². The maximum Gasteiger partial charge on any atom is 0.388 e. The quantitative estimate of drug-likeness (QED) is 0.712. The van der Waals surface area contributed by atoms with E-state index in [2.05, 4.69) is 9.72 Å². The third kappa shape index (κ3) is 2.03. The molecule has 11 heavy (non-hydrogen) atoms. The lowest BCUT2D eigenvalue weighted by Crippen LogP contribution is -2.03. The van der Waals surface area contributed by atoms with Crippen molar-refractivity contribution in [3.63, 3.8) is 0 Å². The van der Waals surface area contributed by atoms with Crippen molar-refractivity contribution >= 4 is 0 Å². The maximum atomic E-state index is 11.5. The highest BCUT2D eigenvalue weighted by Crippen LogP contribution is 2.22. The number of aromatic nitrogens is 1. The van der Waals surface area contributed by atoms with Crippen molar-refractivity contribution < 1.29 is 18.6 Å². The van der Waals surface area contributed by atoms with Gasteiger partial charge in [0.05, 0.1) is 0 Å². The Morgan fingerprint density at radius 3 is 2.82 bits per heavy atom. The van der Waals surface area contributed by atoms with Gasteiger partial charge >= 0.3 is 6.61 Å². The topological polar surface area (TPSA) is 42.4 Å². The van der Waals surface area contributed by atoms with E-state index in [-0.39, 0.29) is 0 Å². The number of ether oxygens (including phenoxy) is 1. The van der Waals surface area contributed by atoms with Crippen LogP contribution in [0.25, 0.3) is 0 Å². The molecule has 0 unspecified atom stereocenters. The molecule has 0 amide bonds. The molecule has 0 aromatic carbocycles. The number of aromatic hydroxyl groups is 1. The first-order valence-corrected chi connectivity index (χ1v) is 2.79. The fraction of sp³-hybridized carbons (Fsp3) is 0.167. The molecular weight excluding hydrogens is 156 g/mol. The van der Waals surface area contributed by atoms with Gasteiger partial charge in [0, 0.05) is 6.20 Å². The maximum absolute atomic E-state index is 11.5. The molecule has 0 aliphatic rings. The largest absolute Gasteiger partial charge is 0.503 e.